The van der Waals surface area contributed by atoms with Crippen molar-refractivity contribution in [2.45, 2.75) is 62.8 Å². The minimum Gasteiger partial charge on any atom is -0.459 e. The first-order valence-electron chi connectivity index (χ1n) is 14.4. The molecule has 0 unspecified atom stereocenters. The van der Waals surface area contributed by atoms with Crippen LogP contribution >= 0.6 is 0 Å². The minimum absolute atomic E-state index is 0.125. The maximum Gasteiger partial charge on any atom is 0.338 e. The molecule has 0 saturated carbocycles. The van der Waals surface area contributed by atoms with Crippen molar-refractivity contribution in [3.05, 3.63) is 83.7 Å². The molecule has 1 aliphatic rings. The number of nitrogens with zero attached hydrogens (tertiary/aromatic N) is 3. The van der Waals surface area contributed by atoms with Gasteiger partial charge in [-0.2, -0.15) is 12.7 Å². The van der Waals surface area contributed by atoms with E-state index in [0.29, 0.717) is 5.45 Å². The van der Waals surface area contributed by atoms with Crippen molar-refractivity contribution < 1.29 is 42.4 Å². The molecule has 3 aromatic rings. The molecule has 45 heavy (non-hydrogen) atoms. The van der Waals surface area contributed by atoms with Crippen LogP contribution in [0.3, 0.4) is 0 Å². The smallest absolute Gasteiger partial charge is 0.338 e. The van der Waals surface area contributed by atoms with Gasteiger partial charge in [0, 0.05) is 14.1 Å². The minimum atomic E-state index is -4.21. The van der Waals surface area contributed by atoms with Crippen LogP contribution in [-0.2, 0) is 24.4 Å². The lowest BCUT2D eigenvalue weighted by atomic mass is 9.93. The first kappa shape index (κ1) is 34.5. The first-order chi connectivity index (χ1) is 20.9. The van der Waals surface area contributed by atoms with E-state index in [-0.39, 0.29) is 21.9 Å². The number of aromatic nitrogens is 2. The predicted octanol–water partition coefficient (Wildman–Crippen LogP) is 2.50. The van der Waals surface area contributed by atoms with Crippen molar-refractivity contribution in [1.29, 1.82) is 0 Å². The molecule has 1 aliphatic heterocycles. The molecule has 12 nitrogen and oxygen atoms in total. The van der Waals surface area contributed by atoms with E-state index in [0.717, 1.165) is 8.28 Å². The summed E-state index contributed by atoms with van der Waals surface area (Å²) in [5.74, 6) is -1.55. The zero-order chi connectivity index (χ0) is 33.4. The van der Waals surface area contributed by atoms with Gasteiger partial charge in [0.1, 0.15) is 32.3 Å². The van der Waals surface area contributed by atoms with Gasteiger partial charge in [-0.3, -0.25) is 0 Å². The summed E-state index contributed by atoms with van der Waals surface area (Å²) in [5.41, 5.74) is -1.50. The second-order valence-electron chi connectivity index (χ2n) is 12.9. The number of imidazole rings is 1. The monoisotopic (exact) mass is 659 g/mol. The SMILES string of the molecule is CN(C)S(=O)(=O)n1c([C@H](O)[C@@H]2OC[C@@](O)(COC(=O)c3ccccc3)[C@H]2OC(=O)c2ccccc2)cnc1[Si](C)(C)C(C)(C)C. The van der Waals surface area contributed by atoms with Crippen molar-refractivity contribution in [3.8, 4) is 0 Å². The molecular formula is C31H41N3O9SSi. The molecule has 244 valence electrons. The predicted molar refractivity (Wildman–Crippen MR) is 169 cm³/mol. The Morgan fingerprint density at radius 1 is 1.07 bits per heavy atom. The summed E-state index contributed by atoms with van der Waals surface area (Å²) in [4.78, 5) is 30.5. The van der Waals surface area contributed by atoms with E-state index in [2.05, 4.69) is 4.98 Å². The Morgan fingerprint density at radius 3 is 2.11 bits per heavy atom. The summed E-state index contributed by atoms with van der Waals surface area (Å²) in [6.45, 7) is 8.87. The zero-order valence-electron chi connectivity index (χ0n) is 26.5. The molecule has 1 saturated heterocycles. The fraction of sp³-hybridized carbons (Fsp3) is 0.452. The van der Waals surface area contributed by atoms with Crippen molar-refractivity contribution >= 4 is 35.7 Å². The topological polar surface area (TPSA) is 157 Å². The first-order valence-corrected chi connectivity index (χ1v) is 18.8. The number of aliphatic hydroxyl groups is 2. The molecule has 0 spiro atoms. The number of hydrogen-bond acceptors (Lipinski definition) is 10. The van der Waals surface area contributed by atoms with E-state index >= 15 is 0 Å². The fourth-order valence-corrected chi connectivity index (χ4v) is 8.49. The second kappa shape index (κ2) is 12.8. The van der Waals surface area contributed by atoms with E-state index in [9.17, 15) is 28.2 Å². The fourth-order valence-electron chi connectivity index (χ4n) is 4.75. The molecule has 4 rings (SSSR count). The van der Waals surface area contributed by atoms with Gasteiger partial charge in [0.05, 0.1) is 29.6 Å². The third kappa shape index (κ3) is 6.76. The molecule has 0 aliphatic carbocycles. The Hall–Kier alpha value is -3.40. The molecular weight excluding hydrogens is 619 g/mol. The van der Waals surface area contributed by atoms with Gasteiger partial charge in [0.15, 0.2) is 11.7 Å². The van der Waals surface area contributed by atoms with Crippen LogP contribution in [-0.4, -0.2) is 97.0 Å². The highest BCUT2D eigenvalue weighted by molar-refractivity contribution is 7.87. The van der Waals surface area contributed by atoms with Crippen molar-refractivity contribution in [3.63, 3.8) is 0 Å². The van der Waals surface area contributed by atoms with Gasteiger partial charge in [0.25, 0.3) is 0 Å². The summed E-state index contributed by atoms with van der Waals surface area (Å²) < 4.78 is 46.5. The number of hydrogen-bond donors (Lipinski definition) is 2. The molecule has 1 aromatic heterocycles. The van der Waals surface area contributed by atoms with Gasteiger partial charge >= 0.3 is 22.1 Å². The van der Waals surface area contributed by atoms with Crippen molar-refractivity contribution in [1.82, 2.24) is 13.3 Å². The van der Waals surface area contributed by atoms with Crippen molar-refractivity contribution in [2.24, 2.45) is 0 Å². The van der Waals surface area contributed by atoms with Crippen LogP contribution < -0.4 is 5.45 Å². The maximum atomic E-state index is 13.7. The summed E-state index contributed by atoms with van der Waals surface area (Å²) in [6, 6.07) is 16.2. The number of carbonyl (C=O) groups excluding carboxylic acids is 2. The van der Waals surface area contributed by atoms with E-state index in [1.165, 1.54) is 32.4 Å². The van der Waals surface area contributed by atoms with E-state index in [1.807, 2.05) is 33.9 Å². The van der Waals surface area contributed by atoms with Gasteiger partial charge in [-0.15, -0.1) is 0 Å². The van der Waals surface area contributed by atoms with Crippen LogP contribution in [0.4, 0.5) is 0 Å². The molecule has 2 heterocycles. The third-order valence-electron chi connectivity index (χ3n) is 8.55. The molecule has 2 N–H and O–H groups in total. The number of rotatable bonds is 10. The van der Waals surface area contributed by atoms with Crippen LogP contribution in [0.5, 0.6) is 0 Å². The van der Waals surface area contributed by atoms with Gasteiger partial charge in [0.2, 0.25) is 0 Å². The highest BCUT2D eigenvalue weighted by Crippen LogP contribution is 2.39. The maximum absolute atomic E-state index is 13.7. The number of carbonyl (C=O) groups is 2. The molecule has 14 heteroatoms. The Balaban J connectivity index is 1.76. The highest BCUT2D eigenvalue weighted by Gasteiger charge is 2.56. The van der Waals surface area contributed by atoms with Gasteiger partial charge in [-0.05, 0) is 29.3 Å². The Labute approximate surface area is 264 Å². The number of benzene rings is 2. The Morgan fingerprint density at radius 2 is 1.60 bits per heavy atom. The summed E-state index contributed by atoms with van der Waals surface area (Å²) in [6.07, 6.45) is -3.50. The Kier molecular flexibility index (Phi) is 9.78. The number of aliphatic hydroxyl groups excluding tert-OH is 1. The quantitative estimate of drug-likeness (QED) is 0.245. The second-order valence-corrected chi connectivity index (χ2v) is 20.1. The van der Waals surface area contributed by atoms with E-state index < -0.39 is 67.3 Å². The molecule has 4 atom stereocenters. The zero-order valence-corrected chi connectivity index (χ0v) is 28.3. The van der Waals surface area contributed by atoms with E-state index in [4.69, 9.17) is 14.2 Å². The van der Waals surface area contributed by atoms with Crippen molar-refractivity contribution in [2.75, 3.05) is 27.3 Å². The van der Waals surface area contributed by atoms with Gasteiger partial charge in [-0.25, -0.2) is 18.5 Å². The van der Waals surface area contributed by atoms with Gasteiger partial charge in [-0.1, -0.05) is 70.3 Å². The largest absolute Gasteiger partial charge is 0.459 e. The van der Waals surface area contributed by atoms with Crippen LogP contribution in [0.25, 0.3) is 0 Å². The normalized spacial score (nSPS) is 21.5. The molecule has 1 fully saturated rings. The molecule has 0 radical (unpaired) electrons. The number of esters is 2. The average molecular weight is 660 g/mol. The van der Waals surface area contributed by atoms with E-state index in [1.54, 1.807) is 48.5 Å². The Bertz CT molecular complexity index is 1620. The average Bonchev–Trinajstić information content (AvgIpc) is 3.59. The lowest BCUT2D eigenvalue weighted by molar-refractivity contribution is -0.105. The summed E-state index contributed by atoms with van der Waals surface area (Å²) in [5, 5.41) is 23.2. The van der Waals surface area contributed by atoms with Gasteiger partial charge < -0.3 is 24.4 Å². The highest BCUT2D eigenvalue weighted by atomic mass is 32.2. The van der Waals surface area contributed by atoms with Crippen LogP contribution in [0.15, 0.2) is 66.9 Å². The van der Waals surface area contributed by atoms with Crippen LogP contribution in [0.2, 0.25) is 18.1 Å². The number of ether oxygens (including phenoxy) is 3. The summed E-state index contributed by atoms with van der Waals surface area (Å²) in [7, 11) is -4.08. The standard InChI is InChI=1S/C31H41N3O9SSi/c1-30(2,3)45(6,7)29-32-18-23(34(29)44(39,40)33(4)5)24(35)25-26(43-28(37)22-16-12-9-13-17-22)31(38,19-41-25)20-42-27(36)21-14-10-8-11-15-21/h8-18,24-26,35,38H,19-20H2,1-7H3/t24-,25-,26-,31+/m0/s1. The van der Waals surface area contributed by atoms with Crippen LogP contribution in [0, 0.1) is 0 Å². The molecule has 2 aromatic carbocycles. The lowest BCUT2D eigenvalue weighted by Gasteiger charge is -2.37. The molecule has 0 bridgehead atoms. The molecule has 0 amide bonds. The summed E-state index contributed by atoms with van der Waals surface area (Å²) >= 11 is 0. The third-order valence-corrected chi connectivity index (χ3v) is 15.7. The lowest BCUT2D eigenvalue weighted by Crippen LogP contribution is -2.56. The van der Waals surface area contributed by atoms with Crippen LogP contribution in [0.1, 0.15) is 53.3 Å².